The summed E-state index contributed by atoms with van der Waals surface area (Å²) >= 11 is 0. The molecule has 29 heavy (non-hydrogen) atoms. The summed E-state index contributed by atoms with van der Waals surface area (Å²) in [5, 5.41) is 25.3. The predicted octanol–water partition coefficient (Wildman–Crippen LogP) is 5.59. The molecular formula is C22H19N7. The number of nitrogens with zero attached hydrogens (tertiary/aromatic N) is 5. The number of hydrogen-bond donors (Lipinski definition) is 2. The molecule has 0 saturated heterocycles. The first-order valence-electron chi connectivity index (χ1n) is 9.30. The molecule has 0 aliphatic rings. The molecule has 2 heterocycles. The summed E-state index contributed by atoms with van der Waals surface area (Å²) in [7, 11) is 4.07. The Kier molecular flexibility index (Phi) is 4.05. The van der Waals surface area contributed by atoms with E-state index in [4.69, 9.17) is 0 Å². The smallest absolute Gasteiger partial charge is 0.204 e. The zero-order valence-electron chi connectivity index (χ0n) is 16.1. The van der Waals surface area contributed by atoms with Crippen LogP contribution in [-0.4, -0.2) is 34.5 Å². The van der Waals surface area contributed by atoms with Gasteiger partial charge in [0.1, 0.15) is 0 Å². The Morgan fingerprint density at radius 2 is 1.48 bits per heavy atom. The molecule has 2 N–H and O–H groups in total. The third-order valence-electron chi connectivity index (χ3n) is 4.93. The van der Waals surface area contributed by atoms with E-state index in [-0.39, 0.29) is 0 Å². The third kappa shape index (κ3) is 3.02. The molecule has 142 valence electrons. The van der Waals surface area contributed by atoms with Crippen molar-refractivity contribution in [1.82, 2.24) is 20.4 Å². The van der Waals surface area contributed by atoms with Gasteiger partial charge in [0.05, 0.1) is 16.4 Å². The van der Waals surface area contributed by atoms with Gasteiger partial charge in [-0.25, -0.2) is 0 Å². The standard InChI is InChI=1S/C22H19N7/c1-29(2)15-8-5-7-14(13-15)16-10-6-12-19-20(16)22(27-24-19)28-26-21-17-9-3-4-11-18(17)23-25-21/h3-13H,1-2H3,(H,23,25)(H,24,27). The fraction of sp³-hybridized carbons (Fsp3) is 0.0909. The second-order valence-corrected chi connectivity index (χ2v) is 7.01. The van der Waals surface area contributed by atoms with E-state index in [1.54, 1.807) is 0 Å². The van der Waals surface area contributed by atoms with Gasteiger partial charge in [-0.1, -0.05) is 36.4 Å². The lowest BCUT2D eigenvalue weighted by Crippen LogP contribution is -2.08. The van der Waals surface area contributed by atoms with Crippen molar-refractivity contribution in [1.29, 1.82) is 0 Å². The van der Waals surface area contributed by atoms with Gasteiger partial charge in [0.2, 0.25) is 11.6 Å². The third-order valence-corrected chi connectivity index (χ3v) is 4.93. The number of fused-ring (bicyclic) bond motifs is 2. The van der Waals surface area contributed by atoms with Gasteiger partial charge in [-0.05, 0) is 41.5 Å². The van der Waals surface area contributed by atoms with Gasteiger partial charge in [0.25, 0.3) is 0 Å². The average Bonchev–Trinajstić information content (AvgIpc) is 3.36. The van der Waals surface area contributed by atoms with E-state index in [0.717, 1.165) is 38.6 Å². The van der Waals surface area contributed by atoms with Crippen molar-refractivity contribution in [2.45, 2.75) is 0 Å². The van der Waals surface area contributed by atoms with Crippen LogP contribution < -0.4 is 4.90 Å². The van der Waals surface area contributed by atoms with Crippen LogP contribution in [0.25, 0.3) is 32.9 Å². The minimum atomic E-state index is 0.540. The zero-order valence-corrected chi connectivity index (χ0v) is 16.1. The fourth-order valence-corrected chi connectivity index (χ4v) is 3.44. The molecule has 0 radical (unpaired) electrons. The Labute approximate surface area is 167 Å². The minimum absolute atomic E-state index is 0.540. The van der Waals surface area contributed by atoms with Crippen LogP contribution in [0.1, 0.15) is 0 Å². The molecule has 5 rings (SSSR count). The molecule has 7 nitrogen and oxygen atoms in total. The van der Waals surface area contributed by atoms with Crippen molar-refractivity contribution in [3.05, 3.63) is 66.7 Å². The number of aromatic amines is 2. The van der Waals surface area contributed by atoms with E-state index in [9.17, 15) is 0 Å². The van der Waals surface area contributed by atoms with Crippen molar-refractivity contribution in [2.75, 3.05) is 19.0 Å². The number of benzene rings is 3. The SMILES string of the molecule is CN(C)c1cccc(-c2cccc3[nH]nc(N=Nc4n[nH]c5ccccc45)c23)c1. The lowest BCUT2D eigenvalue weighted by atomic mass is 10.0. The van der Waals surface area contributed by atoms with Crippen LogP contribution in [0.3, 0.4) is 0 Å². The van der Waals surface area contributed by atoms with E-state index in [1.807, 2.05) is 50.5 Å². The molecular weight excluding hydrogens is 362 g/mol. The van der Waals surface area contributed by atoms with Crippen molar-refractivity contribution in [2.24, 2.45) is 10.2 Å². The highest BCUT2D eigenvalue weighted by Crippen LogP contribution is 2.36. The first-order chi connectivity index (χ1) is 14.2. The van der Waals surface area contributed by atoms with Crippen molar-refractivity contribution in [3.8, 4) is 11.1 Å². The molecule has 2 aromatic heterocycles. The summed E-state index contributed by atoms with van der Waals surface area (Å²) in [6.07, 6.45) is 0. The highest BCUT2D eigenvalue weighted by Gasteiger charge is 2.13. The molecule has 0 aliphatic carbocycles. The molecule has 0 spiro atoms. The Morgan fingerprint density at radius 3 is 2.38 bits per heavy atom. The minimum Gasteiger partial charge on any atom is -0.378 e. The maximum Gasteiger partial charge on any atom is 0.204 e. The summed E-state index contributed by atoms with van der Waals surface area (Å²) in [6, 6.07) is 22.3. The topological polar surface area (TPSA) is 85.3 Å². The lowest BCUT2D eigenvalue weighted by molar-refractivity contribution is 1.04. The van der Waals surface area contributed by atoms with Gasteiger partial charge >= 0.3 is 0 Å². The monoisotopic (exact) mass is 381 g/mol. The van der Waals surface area contributed by atoms with Gasteiger partial charge in [0.15, 0.2) is 0 Å². The lowest BCUT2D eigenvalue weighted by Gasteiger charge is -2.14. The predicted molar refractivity (Wildman–Crippen MR) is 116 cm³/mol. The maximum atomic E-state index is 4.42. The number of para-hydroxylation sites is 1. The van der Waals surface area contributed by atoms with Crippen LogP contribution in [0.5, 0.6) is 0 Å². The van der Waals surface area contributed by atoms with E-state index in [1.165, 1.54) is 0 Å². The zero-order chi connectivity index (χ0) is 19.8. The van der Waals surface area contributed by atoms with E-state index >= 15 is 0 Å². The Morgan fingerprint density at radius 1 is 0.759 bits per heavy atom. The summed E-state index contributed by atoms with van der Waals surface area (Å²) in [5.41, 5.74) is 5.13. The van der Waals surface area contributed by atoms with Crippen LogP contribution in [0.2, 0.25) is 0 Å². The number of azo groups is 1. The van der Waals surface area contributed by atoms with Gasteiger partial charge < -0.3 is 4.90 Å². The molecule has 0 fully saturated rings. The number of rotatable bonds is 4. The Bertz CT molecular complexity index is 1340. The van der Waals surface area contributed by atoms with Crippen molar-refractivity contribution >= 4 is 39.1 Å². The molecule has 3 aromatic carbocycles. The summed E-state index contributed by atoms with van der Waals surface area (Å²) in [4.78, 5) is 2.09. The first-order valence-corrected chi connectivity index (χ1v) is 9.30. The molecule has 7 heteroatoms. The molecule has 0 unspecified atom stereocenters. The molecule has 5 aromatic rings. The Balaban J connectivity index is 1.62. The largest absolute Gasteiger partial charge is 0.378 e. The molecule has 0 saturated carbocycles. The number of H-pyrrole nitrogens is 2. The summed E-state index contributed by atoms with van der Waals surface area (Å²) in [6.45, 7) is 0. The number of hydrogen-bond acceptors (Lipinski definition) is 5. The second kappa shape index (κ2) is 6.87. The van der Waals surface area contributed by atoms with E-state index < -0.39 is 0 Å². The second-order valence-electron chi connectivity index (χ2n) is 7.01. The van der Waals surface area contributed by atoms with Gasteiger partial charge in [0, 0.05) is 25.2 Å². The number of aromatic nitrogens is 4. The molecule has 0 atom stereocenters. The highest BCUT2D eigenvalue weighted by atomic mass is 15.3. The highest BCUT2D eigenvalue weighted by molar-refractivity contribution is 6.01. The summed E-state index contributed by atoms with van der Waals surface area (Å²) in [5.74, 6) is 1.08. The van der Waals surface area contributed by atoms with Crippen LogP contribution in [0.15, 0.2) is 77.0 Å². The van der Waals surface area contributed by atoms with Crippen LogP contribution >= 0.6 is 0 Å². The summed E-state index contributed by atoms with van der Waals surface area (Å²) < 4.78 is 0. The normalized spacial score (nSPS) is 11.7. The van der Waals surface area contributed by atoms with Gasteiger partial charge in [-0.2, -0.15) is 10.2 Å². The van der Waals surface area contributed by atoms with Crippen molar-refractivity contribution in [3.63, 3.8) is 0 Å². The van der Waals surface area contributed by atoms with Gasteiger partial charge in [-0.3, -0.25) is 10.2 Å². The molecule has 0 amide bonds. The maximum absolute atomic E-state index is 4.42. The fourth-order valence-electron chi connectivity index (χ4n) is 3.44. The van der Waals surface area contributed by atoms with E-state index in [0.29, 0.717) is 11.6 Å². The number of anilines is 1. The molecule has 0 aliphatic heterocycles. The van der Waals surface area contributed by atoms with Crippen molar-refractivity contribution < 1.29 is 0 Å². The Hall–Kier alpha value is -4.00. The van der Waals surface area contributed by atoms with Crippen LogP contribution in [-0.2, 0) is 0 Å². The molecule has 0 bridgehead atoms. The number of nitrogens with one attached hydrogen (secondary N) is 2. The quantitative estimate of drug-likeness (QED) is 0.398. The van der Waals surface area contributed by atoms with E-state index in [2.05, 4.69) is 65.9 Å². The van der Waals surface area contributed by atoms with Crippen LogP contribution in [0.4, 0.5) is 17.3 Å². The average molecular weight is 381 g/mol. The first kappa shape index (κ1) is 17.1. The van der Waals surface area contributed by atoms with Crippen LogP contribution in [0, 0.1) is 0 Å². The van der Waals surface area contributed by atoms with Gasteiger partial charge in [-0.15, -0.1) is 10.2 Å².